The molecule has 0 atom stereocenters. The molecule has 0 radical (unpaired) electrons. The fraction of sp³-hybridized carbons (Fsp3) is 0.533. The summed E-state index contributed by atoms with van der Waals surface area (Å²) in [5, 5.41) is 11.2. The van der Waals surface area contributed by atoms with Crippen molar-refractivity contribution < 1.29 is 9.72 Å². The van der Waals surface area contributed by atoms with Gasteiger partial charge in [-0.25, -0.2) is 0 Å². The molecule has 5 nitrogen and oxygen atoms in total. The van der Waals surface area contributed by atoms with Crippen LogP contribution >= 0.6 is 0 Å². The molecule has 1 fully saturated rings. The van der Waals surface area contributed by atoms with Crippen LogP contribution in [0.25, 0.3) is 0 Å². The average Bonchev–Trinajstić information content (AvgIpc) is 2.91. The van der Waals surface area contributed by atoms with Gasteiger partial charge >= 0.3 is 0 Å². The third-order valence-corrected chi connectivity index (χ3v) is 4.39. The van der Waals surface area contributed by atoms with E-state index in [9.17, 15) is 14.9 Å². The molecule has 1 aliphatic heterocycles. The number of carbonyl (C=O) groups excluding carboxylic acids is 1. The van der Waals surface area contributed by atoms with Crippen molar-refractivity contribution in [3.8, 4) is 0 Å². The first kappa shape index (κ1) is 13.1. The lowest BCUT2D eigenvalue weighted by molar-refractivity contribution is -0.384. The van der Waals surface area contributed by atoms with E-state index in [0.717, 1.165) is 37.7 Å². The zero-order valence-corrected chi connectivity index (χ0v) is 11.4. The summed E-state index contributed by atoms with van der Waals surface area (Å²) in [7, 11) is 0. The highest BCUT2D eigenvalue weighted by atomic mass is 16.6. The van der Waals surface area contributed by atoms with E-state index in [2.05, 4.69) is 0 Å². The number of amides is 1. The lowest BCUT2D eigenvalue weighted by Gasteiger charge is -2.26. The molecule has 20 heavy (non-hydrogen) atoms. The molecule has 0 N–H and O–H groups in total. The number of fused-ring (bicyclic) bond motifs is 1. The zero-order valence-electron chi connectivity index (χ0n) is 11.4. The highest BCUT2D eigenvalue weighted by Crippen LogP contribution is 2.39. The molecule has 1 aromatic rings. The van der Waals surface area contributed by atoms with E-state index in [1.165, 1.54) is 12.5 Å². The van der Waals surface area contributed by atoms with Gasteiger partial charge in [-0.05, 0) is 24.8 Å². The van der Waals surface area contributed by atoms with Gasteiger partial charge in [0, 0.05) is 18.5 Å². The quantitative estimate of drug-likeness (QED) is 0.615. The van der Waals surface area contributed by atoms with E-state index in [1.54, 1.807) is 11.0 Å². The molecule has 0 aromatic heterocycles. The number of nitro groups is 1. The minimum atomic E-state index is -0.384. The van der Waals surface area contributed by atoms with Crippen LogP contribution in [0.3, 0.4) is 0 Å². The Morgan fingerprint density at radius 2 is 2.00 bits per heavy atom. The van der Waals surface area contributed by atoms with Crippen LogP contribution in [0, 0.1) is 16.0 Å². The van der Waals surface area contributed by atoms with Crippen LogP contribution in [-0.2, 0) is 11.2 Å². The molecular weight excluding hydrogens is 256 g/mol. The second kappa shape index (κ2) is 5.23. The Hall–Kier alpha value is -1.91. The van der Waals surface area contributed by atoms with Crippen LogP contribution in [0.5, 0.6) is 0 Å². The Morgan fingerprint density at radius 3 is 2.70 bits per heavy atom. The lowest BCUT2D eigenvalue weighted by Crippen LogP contribution is -2.36. The molecule has 1 heterocycles. The maximum atomic E-state index is 12.6. The molecule has 106 valence electrons. The number of para-hydroxylation sites is 1. The van der Waals surface area contributed by atoms with Gasteiger partial charge in [0.25, 0.3) is 5.69 Å². The smallest absolute Gasteiger partial charge is 0.293 e. The third-order valence-electron chi connectivity index (χ3n) is 4.39. The Morgan fingerprint density at radius 1 is 1.25 bits per heavy atom. The van der Waals surface area contributed by atoms with Crippen LogP contribution in [-0.4, -0.2) is 17.4 Å². The number of nitrogens with zero attached hydrogens (tertiary/aromatic N) is 2. The van der Waals surface area contributed by atoms with Crippen LogP contribution in [0.15, 0.2) is 18.2 Å². The van der Waals surface area contributed by atoms with E-state index in [4.69, 9.17) is 0 Å². The fourth-order valence-electron chi connectivity index (χ4n) is 3.37. The molecule has 3 rings (SSSR count). The maximum absolute atomic E-state index is 12.6. The van der Waals surface area contributed by atoms with E-state index >= 15 is 0 Å². The average molecular weight is 274 g/mol. The molecular formula is C15H18N2O3. The normalized spacial score (nSPS) is 18.9. The molecule has 1 saturated carbocycles. The van der Waals surface area contributed by atoms with Gasteiger partial charge in [-0.3, -0.25) is 14.9 Å². The molecule has 0 saturated heterocycles. The molecule has 1 aromatic carbocycles. The fourth-order valence-corrected chi connectivity index (χ4v) is 3.37. The minimum absolute atomic E-state index is 0.0505. The van der Waals surface area contributed by atoms with Gasteiger partial charge in [0.2, 0.25) is 5.91 Å². The van der Waals surface area contributed by atoms with Gasteiger partial charge in [0.05, 0.1) is 4.92 Å². The van der Waals surface area contributed by atoms with Gasteiger partial charge < -0.3 is 4.90 Å². The van der Waals surface area contributed by atoms with E-state index < -0.39 is 0 Å². The second-order valence-corrected chi connectivity index (χ2v) is 5.62. The van der Waals surface area contributed by atoms with Gasteiger partial charge in [-0.2, -0.15) is 0 Å². The Kier molecular flexibility index (Phi) is 3.42. The zero-order chi connectivity index (χ0) is 14.1. The highest BCUT2D eigenvalue weighted by Gasteiger charge is 2.35. The summed E-state index contributed by atoms with van der Waals surface area (Å²) in [5.74, 6) is 0.132. The van der Waals surface area contributed by atoms with Crippen LogP contribution in [0.2, 0.25) is 0 Å². The molecule has 1 aliphatic carbocycles. The topological polar surface area (TPSA) is 63.5 Å². The predicted molar refractivity (Wildman–Crippen MR) is 75.7 cm³/mol. The summed E-state index contributed by atoms with van der Waals surface area (Å²) in [5.41, 5.74) is 1.51. The summed E-state index contributed by atoms with van der Waals surface area (Å²) in [6.45, 7) is 0.579. The number of nitro benzene ring substituents is 1. The van der Waals surface area contributed by atoms with Gasteiger partial charge in [-0.15, -0.1) is 0 Å². The van der Waals surface area contributed by atoms with Gasteiger partial charge in [0.15, 0.2) is 0 Å². The minimum Gasteiger partial charge on any atom is -0.306 e. The highest BCUT2D eigenvalue weighted by molar-refractivity contribution is 5.99. The van der Waals surface area contributed by atoms with E-state index in [0.29, 0.717) is 12.2 Å². The summed E-state index contributed by atoms with van der Waals surface area (Å²) in [6.07, 6.45) is 5.94. The predicted octanol–water partition coefficient (Wildman–Crippen LogP) is 3.06. The van der Waals surface area contributed by atoms with Crippen LogP contribution < -0.4 is 4.90 Å². The van der Waals surface area contributed by atoms with Crippen molar-refractivity contribution in [3.63, 3.8) is 0 Å². The summed E-state index contributed by atoms with van der Waals surface area (Å²) >= 11 is 0. The summed E-state index contributed by atoms with van der Waals surface area (Å²) in [6, 6.07) is 5.08. The van der Waals surface area contributed by atoms with E-state index in [1.807, 2.05) is 6.07 Å². The molecule has 0 bridgehead atoms. The number of hydrogen-bond donors (Lipinski definition) is 0. The molecule has 0 spiro atoms. The van der Waals surface area contributed by atoms with Crippen LogP contribution in [0.4, 0.5) is 11.4 Å². The SMILES string of the molecule is O=C(C1CCCCC1)N1CCc2cccc([N+](=O)[O-])c21. The Balaban J connectivity index is 1.91. The second-order valence-electron chi connectivity index (χ2n) is 5.62. The standard InChI is InChI=1S/C15H18N2O3/c18-15(12-5-2-1-3-6-12)16-10-9-11-7-4-8-13(14(11)16)17(19)20/h4,7-8,12H,1-3,5-6,9-10H2. The van der Waals surface area contributed by atoms with E-state index in [-0.39, 0.29) is 22.4 Å². The number of benzene rings is 1. The van der Waals surface area contributed by atoms with Crippen molar-refractivity contribution in [2.24, 2.45) is 5.92 Å². The molecule has 2 aliphatic rings. The first-order valence-corrected chi connectivity index (χ1v) is 7.26. The van der Waals surface area contributed by atoms with Crippen molar-refractivity contribution in [1.29, 1.82) is 0 Å². The first-order chi connectivity index (χ1) is 9.68. The maximum Gasteiger partial charge on any atom is 0.293 e. The number of carbonyl (C=O) groups is 1. The molecule has 5 heteroatoms. The van der Waals surface area contributed by atoms with Crippen molar-refractivity contribution in [2.45, 2.75) is 38.5 Å². The Bertz CT molecular complexity index is 550. The summed E-state index contributed by atoms with van der Waals surface area (Å²) in [4.78, 5) is 25.1. The van der Waals surface area contributed by atoms with Gasteiger partial charge in [0.1, 0.15) is 5.69 Å². The Labute approximate surface area is 117 Å². The molecule has 1 amide bonds. The number of hydrogen-bond acceptors (Lipinski definition) is 3. The van der Waals surface area contributed by atoms with Gasteiger partial charge in [-0.1, -0.05) is 31.4 Å². The van der Waals surface area contributed by atoms with Crippen molar-refractivity contribution >= 4 is 17.3 Å². The number of anilines is 1. The first-order valence-electron chi connectivity index (χ1n) is 7.26. The van der Waals surface area contributed by atoms with Crippen molar-refractivity contribution in [2.75, 3.05) is 11.4 Å². The van der Waals surface area contributed by atoms with Crippen molar-refractivity contribution in [3.05, 3.63) is 33.9 Å². The monoisotopic (exact) mass is 274 g/mol. The van der Waals surface area contributed by atoms with Crippen molar-refractivity contribution in [1.82, 2.24) is 0 Å². The van der Waals surface area contributed by atoms with Crippen LogP contribution in [0.1, 0.15) is 37.7 Å². The third kappa shape index (κ3) is 2.17. The summed E-state index contributed by atoms with van der Waals surface area (Å²) < 4.78 is 0. The lowest BCUT2D eigenvalue weighted by atomic mass is 9.88. The molecule has 0 unspecified atom stereocenters. The largest absolute Gasteiger partial charge is 0.306 e. The number of rotatable bonds is 2.